The van der Waals surface area contributed by atoms with Gasteiger partial charge in [-0.1, -0.05) is 12.1 Å². The maximum atomic E-state index is 10.5. The van der Waals surface area contributed by atoms with E-state index in [0.29, 0.717) is 0 Å². The number of aromatic hydroxyl groups is 1. The van der Waals surface area contributed by atoms with E-state index in [0.717, 1.165) is 0 Å². The van der Waals surface area contributed by atoms with E-state index in [1.165, 1.54) is 12.1 Å². The lowest BCUT2D eigenvalue weighted by atomic mass is 10.2. The van der Waals surface area contributed by atoms with Crippen LogP contribution in [0.1, 0.15) is 10.4 Å². The molecular formula is C13H16O11. The van der Waals surface area contributed by atoms with Gasteiger partial charge in [-0.15, -0.1) is 0 Å². The molecule has 0 bridgehead atoms. The monoisotopic (exact) mass is 348 g/mol. The minimum atomic E-state index is -1.42. The Bertz CT molecular complexity index is 595. The van der Waals surface area contributed by atoms with Crippen LogP contribution >= 0.6 is 0 Å². The zero-order valence-electron chi connectivity index (χ0n) is 12.0. The van der Waals surface area contributed by atoms with Crippen LogP contribution in [0.3, 0.4) is 0 Å². The Labute approximate surface area is 134 Å². The Hall–Kier alpha value is -2.86. The van der Waals surface area contributed by atoms with Gasteiger partial charge in [-0.05, 0) is 12.1 Å². The van der Waals surface area contributed by atoms with Crippen LogP contribution in [0.2, 0.25) is 0 Å². The van der Waals surface area contributed by atoms with Crippen molar-refractivity contribution in [1.82, 2.24) is 0 Å². The van der Waals surface area contributed by atoms with Gasteiger partial charge in [0.15, 0.2) is 11.9 Å². The van der Waals surface area contributed by atoms with Gasteiger partial charge in [-0.25, -0.2) is 9.59 Å². The molecule has 8 N–H and O–H groups in total. The number of phenols is 1. The molecular weight excluding hydrogens is 332 g/mol. The maximum Gasteiger partial charge on any atom is 0.377 e. The molecule has 134 valence electrons. The van der Waals surface area contributed by atoms with Gasteiger partial charge < -0.3 is 35.4 Å². The third kappa shape index (κ3) is 5.40. The van der Waals surface area contributed by atoms with Gasteiger partial charge in [0.05, 0.1) is 6.61 Å². The number of ether oxygens (including phenoxy) is 1. The van der Waals surface area contributed by atoms with Gasteiger partial charge in [0.25, 0.3) is 0 Å². The van der Waals surface area contributed by atoms with E-state index < -0.39 is 42.3 Å². The Morgan fingerprint density at radius 3 is 2.04 bits per heavy atom. The summed E-state index contributed by atoms with van der Waals surface area (Å²) in [4.78, 5) is 20.8. The Morgan fingerprint density at radius 2 is 1.71 bits per heavy atom. The first-order chi connectivity index (χ1) is 11.3. The molecule has 11 nitrogen and oxygen atoms in total. The molecule has 0 aliphatic carbocycles. The first-order valence-electron chi connectivity index (χ1n) is 6.12. The van der Waals surface area contributed by atoms with Crippen molar-refractivity contribution >= 4 is 11.9 Å². The summed E-state index contributed by atoms with van der Waals surface area (Å²) in [5, 5.41) is 64.4. The summed E-state index contributed by atoms with van der Waals surface area (Å²) in [6.07, 6.45) is -2.78. The normalized spacial score (nSPS) is 17.0. The van der Waals surface area contributed by atoms with Gasteiger partial charge in [0.1, 0.15) is 17.4 Å². The molecule has 1 heterocycles. The topological polar surface area (TPSA) is 205 Å². The molecule has 0 radical (unpaired) electrons. The number of carboxylic acid groups (broad SMARTS) is 1. The summed E-state index contributed by atoms with van der Waals surface area (Å²) in [5.74, 6) is -4.09. The predicted molar refractivity (Wildman–Crippen MR) is 75.6 cm³/mol. The lowest BCUT2D eigenvalue weighted by molar-refractivity contribution is -0.176. The van der Waals surface area contributed by atoms with E-state index in [1.807, 2.05) is 0 Å². The average molecular weight is 348 g/mol. The van der Waals surface area contributed by atoms with E-state index in [9.17, 15) is 9.59 Å². The van der Waals surface area contributed by atoms with Crippen LogP contribution in [0.15, 0.2) is 35.8 Å². The molecule has 0 saturated carbocycles. The summed E-state index contributed by atoms with van der Waals surface area (Å²) in [6, 6.07) is 5.81. The Morgan fingerprint density at radius 1 is 1.17 bits per heavy atom. The quantitative estimate of drug-likeness (QED) is 0.202. The summed E-state index contributed by atoms with van der Waals surface area (Å²) in [6.45, 7) is -0.671. The van der Waals surface area contributed by atoms with Crippen molar-refractivity contribution in [2.45, 2.75) is 12.2 Å². The average Bonchev–Trinajstić information content (AvgIpc) is 2.84. The fourth-order valence-electron chi connectivity index (χ4n) is 1.48. The van der Waals surface area contributed by atoms with E-state index in [4.69, 9.17) is 41.2 Å². The number of hydrogen-bond acceptors (Lipinski definition) is 10. The smallest absolute Gasteiger partial charge is 0.377 e. The SMILES string of the molecule is O=C(O)c1ccccc1O.O=C1O[C@H](C(O)CO)C(O)=C1O.OO. The molecule has 1 aliphatic heterocycles. The second-order valence-electron chi connectivity index (χ2n) is 4.13. The molecule has 1 aromatic carbocycles. The predicted octanol–water partition coefficient (Wildman–Crippen LogP) is -0.300. The minimum absolute atomic E-state index is 0.0671. The van der Waals surface area contributed by atoms with Gasteiger partial charge in [-0.3, -0.25) is 10.5 Å². The molecule has 1 aromatic rings. The standard InChI is InChI=1S/C7H6O3.C6H8O6.H2O2/c8-6-4-2-1-3-5(6)7(9)10;7-1-2(8)5-3(9)4(10)6(11)12-5;1-2/h1-4,8H,(H,9,10);2,5,7-10H,1H2;1-2H/t;2?,5-;/m.1./s1. The molecule has 0 aromatic heterocycles. The highest BCUT2D eigenvalue weighted by atomic mass is 17.0. The molecule has 2 rings (SSSR count). The molecule has 0 amide bonds. The molecule has 0 saturated heterocycles. The van der Waals surface area contributed by atoms with Crippen molar-refractivity contribution in [3.05, 3.63) is 41.3 Å². The van der Waals surface area contributed by atoms with Crippen LogP contribution in [0.5, 0.6) is 5.75 Å². The lowest BCUT2D eigenvalue weighted by Gasteiger charge is -2.13. The highest BCUT2D eigenvalue weighted by molar-refractivity contribution is 5.90. The van der Waals surface area contributed by atoms with Crippen molar-refractivity contribution in [3.63, 3.8) is 0 Å². The van der Waals surface area contributed by atoms with Crippen molar-refractivity contribution in [2.75, 3.05) is 6.61 Å². The number of aliphatic hydroxyl groups is 4. The third-order valence-corrected chi connectivity index (χ3v) is 2.61. The van der Waals surface area contributed by atoms with E-state index in [1.54, 1.807) is 12.1 Å². The van der Waals surface area contributed by atoms with Crippen LogP contribution in [0, 0.1) is 0 Å². The van der Waals surface area contributed by atoms with Gasteiger partial charge in [0.2, 0.25) is 5.76 Å². The zero-order chi connectivity index (χ0) is 18.9. The number of benzene rings is 1. The molecule has 0 fully saturated rings. The number of rotatable bonds is 3. The maximum absolute atomic E-state index is 10.5. The van der Waals surface area contributed by atoms with Crippen molar-refractivity contribution in [1.29, 1.82) is 0 Å². The fourth-order valence-corrected chi connectivity index (χ4v) is 1.48. The number of carbonyl (C=O) groups excluding carboxylic acids is 1. The van der Waals surface area contributed by atoms with E-state index in [-0.39, 0.29) is 11.3 Å². The number of aliphatic hydroxyl groups excluding tert-OH is 4. The lowest BCUT2D eigenvalue weighted by Crippen LogP contribution is -2.31. The first kappa shape index (κ1) is 21.1. The van der Waals surface area contributed by atoms with Crippen molar-refractivity contribution in [2.24, 2.45) is 0 Å². The molecule has 24 heavy (non-hydrogen) atoms. The zero-order valence-corrected chi connectivity index (χ0v) is 12.0. The Kier molecular flexibility index (Phi) is 8.82. The van der Waals surface area contributed by atoms with Gasteiger partial charge >= 0.3 is 11.9 Å². The van der Waals surface area contributed by atoms with Gasteiger partial charge in [-0.2, -0.15) is 0 Å². The molecule has 1 unspecified atom stereocenters. The molecule has 11 heteroatoms. The highest BCUT2D eigenvalue weighted by Crippen LogP contribution is 2.20. The second kappa shape index (κ2) is 10.0. The van der Waals surface area contributed by atoms with E-state index >= 15 is 0 Å². The number of para-hydroxylation sites is 1. The first-order valence-corrected chi connectivity index (χ1v) is 6.12. The van der Waals surface area contributed by atoms with Crippen molar-refractivity contribution in [3.8, 4) is 5.75 Å². The fraction of sp³-hybridized carbons (Fsp3) is 0.231. The van der Waals surface area contributed by atoms with Crippen LogP contribution in [-0.2, 0) is 9.53 Å². The van der Waals surface area contributed by atoms with Crippen molar-refractivity contribution < 1.29 is 55.5 Å². The summed E-state index contributed by atoms with van der Waals surface area (Å²) < 4.78 is 4.32. The number of hydrogen-bond donors (Lipinski definition) is 8. The number of esters is 1. The summed E-state index contributed by atoms with van der Waals surface area (Å²) >= 11 is 0. The number of carbonyl (C=O) groups is 2. The Balaban J connectivity index is 0.000000405. The molecule has 1 aliphatic rings. The van der Waals surface area contributed by atoms with Crippen LogP contribution in [0.25, 0.3) is 0 Å². The third-order valence-electron chi connectivity index (χ3n) is 2.61. The number of cyclic esters (lactones) is 1. The molecule has 2 atom stereocenters. The largest absolute Gasteiger partial charge is 0.507 e. The number of aromatic carboxylic acids is 1. The number of carboxylic acids is 1. The second-order valence-corrected chi connectivity index (χ2v) is 4.13. The van der Waals surface area contributed by atoms with E-state index in [2.05, 4.69) is 4.74 Å². The van der Waals surface area contributed by atoms with Crippen LogP contribution < -0.4 is 0 Å². The van der Waals surface area contributed by atoms with Crippen LogP contribution in [0.4, 0.5) is 0 Å². The summed E-state index contributed by atoms with van der Waals surface area (Å²) in [5.41, 5.74) is -0.0671. The highest BCUT2D eigenvalue weighted by Gasteiger charge is 2.38. The van der Waals surface area contributed by atoms with Crippen LogP contribution in [-0.4, -0.2) is 71.9 Å². The molecule has 0 spiro atoms. The summed E-state index contributed by atoms with van der Waals surface area (Å²) in [7, 11) is 0. The minimum Gasteiger partial charge on any atom is -0.507 e. The van der Waals surface area contributed by atoms with Gasteiger partial charge in [0, 0.05) is 0 Å².